The van der Waals surface area contributed by atoms with E-state index in [0.29, 0.717) is 10.2 Å². The van der Waals surface area contributed by atoms with Crippen molar-refractivity contribution in [1.29, 1.82) is 0 Å². The normalized spacial score (nSPS) is 16.2. The first-order valence-electron chi connectivity index (χ1n) is 2.64. The van der Waals surface area contributed by atoms with Crippen LogP contribution >= 0.6 is 24.1 Å². The number of hydrogen-bond donors (Lipinski definition) is 0. The quantitative estimate of drug-likeness (QED) is 0.506. The molecular weight excluding hydrogens is 224 g/mol. The molecule has 0 aromatic rings. The first-order valence-corrected chi connectivity index (χ1v) is 7.91. The summed E-state index contributed by atoms with van der Waals surface area (Å²) in [4.78, 5) is 0. The van der Waals surface area contributed by atoms with E-state index in [2.05, 4.69) is 0 Å². The van der Waals surface area contributed by atoms with Gasteiger partial charge in [-0.05, 0) is 0 Å². The fourth-order valence-corrected chi connectivity index (χ4v) is 2.59. The van der Waals surface area contributed by atoms with Crippen LogP contribution in [0.5, 0.6) is 0 Å². The maximum absolute atomic E-state index is 10.5. The van der Waals surface area contributed by atoms with Gasteiger partial charge in [-0.3, -0.25) is 8.42 Å². The molecule has 0 aliphatic rings. The third kappa shape index (κ3) is 11.0. The van der Waals surface area contributed by atoms with Crippen LogP contribution in [0.15, 0.2) is 0 Å². The van der Waals surface area contributed by atoms with Crippen LogP contribution in [-0.4, -0.2) is 31.1 Å². The molecule has 3 nitrogen and oxygen atoms in total. The van der Waals surface area contributed by atoms with Crippen molar-refractivity contribution in [1.82, 2.24) is 0 Å². The summed E-state index contributed by atoms with van der Waals surface area (Å²) in [6, 6.07) is 0. The molecular formula is C4H10O3S4. The van der Waals surface area contributed by atoms with Crippen molar-refractivity contribution in [3.63, 3.8) is 0 Å². The summed E-state index contributed by atoms with van der Waals surface area (Å²) < 4.78 is 25.9. The van der Waals surface area contributed by atoms with E-state index < -0.39 is 21.6 Å². The summed E-state index contributed by atoms with van der Waals surface area (Å²) in [6.45, 7) is 0. The molecule has 11 heavy (non-hydrogen) atoms. The highest BCUT2D eigenvalue weighted by Gasteiger charge is 1.95. The van der Waals surface area contributed by atoms with Gasteiger partial charge in [0, 0.05) is 58.2 Å². The summed E-state index contributed by atoms with van der Waals surface area (Å²) in [5.74, 6) is 0. The van der Waals surface area contributed by atoms with Gasteiger partial charge in [-0.25, -0.2) is 3.63 Å². The topological polar surface area (TPSA) is 43.4 Å². The molecule has 0 aromatic heterocycles. The van der Waals surface area contributed by atoms with Crippen LogP contribution in [0.25, 0.3) is 0 Å². The molecule has 0 bridgehead atoms. The van der Waals surface area contributed by atoms with Crippen LogP contribution in [0, 0.1) is 0 Å². The number of hydrogen-bond acceptors (Lipinski definition) is 5. The molecule has 0 saturated carbocycles. The Balaban J connectivity index is 3.03. The van der Waals surface area contributed by atoms with Gasteiger partial charge in [-0.2, -0.15) is 0 Å². The van der Waals surface area contributed by atoms with Crippen LogP contribution < -0.4 is 0 Å². The first kappa shape index (κ1) is 12.0. The van der Waals surface area contributed by atoms with Gasteiger partial charge in [0.25, 0.3) is 0 Å². The average molecular weight is 234 g/mol. The van der Waals surface area contributed by atoms with E-state index in [0.717, 1.165) is 24.1 Å². The Bertz CT molecular complexity index is 132. The van der Waals surface area contributed by atoms with E-state index in [9.17, 15) is 8.42 Å². The molecule has 2 atom stereocenters. The van der Waals surface area contributed by atoms with E-state index in [1.54, 1.807) is 12.5 Å². The standard InChI is InChI=1S/C4H10O3S4/c1-10(5)3-8-7-9-4-11(2)6/h3-4H2,1-2H3. The molecule has 2 unspecified atom stereocenters. The van der Waals surface area contributed by atoms with Crippen LogP contribution in [0.1, 0.15) is 0 Å². The minimum Gasteiger partial charge on any atom is -0.259 e. The Morgan fingerprint density at radius 3 is 1.73 bits per heavy atom. The summed E-state index contributed by atoms with van der Waals surface area (Å²) in [5, 5.41) is 0.923. The van der Waals surface area contributed by atoms with E-state index in [-0.39, 0.29) is 0 Å². The van der Waals surface area contributed by atoms with E-state index in [1.165, 1.54) is 0 Å². The van der Waals surface area contributed by atoms with Crippen molar-refractivity contribution in [2.24, 2.45) is 0 Å². The minimum absolute atomic E-state index is 0.462. The van der Waals surface area contributed by atoms with Crippen molar-refractivity contribution in [3.8, 4) is 0 Å². The van der Waals surface area contributed by atoms with Gasteiger partial charge in [0.15, 0.2) is 0 Å². The Morgan fingerprint density at radius 2 is 1.45 bits per heavy atom. The zero-order chi connectivity index (χ0) is 8.69. The molecule has 0 radical (unpaired) electrons. The number of rotatable bonds is 6. The molecule has 0 spiro atoms. The monoisotopic (exact) mass is 234 g/mol. The highest BCUT2D eigenvalue weighted by Crippen LogP contribution is 2.15. The molecule has 0 aliphatic carbocycles. The lowest BCUT2D eigenvalue weighted by atomic mass is 11.9. The molecule has 0 aliphatic heterocycles. The summed E-state index contributed by atoms with van der Waals surface area (Å²) >= 11 is 2.26. The predicted octanol–water partition coefficient (Wildman–Crippen LogP) is 0.971. The molecule has 0 rings (SSSR count). The van der Waals surface area contributed by atoms with Crippen molar-refractivity contribution >= 4 is 45.7 Å². The SMILES string of the molecule is CS(=O)CSOSCS(C)=O. The fraction of sp³-hybridized carbons (Fsp3) is 1.00. The van der Waals surface area contributed by atoms with Gasteiger partial charge in [0.05, 0.1) is 10.2 Å². The maximum atomic E-state index is 10.5. The molecule has 0 fully saturated rings. The van der Waals surface area contributed by atoms with Gasteiger partial charge in [0.1, 0.15) is 0 Å². The second kappa shape index (κ2) is 7.60. The average Bonchev–Trinajstić information content (AvgIpc) is 1.85. The Hall–Kier alpha value is 0.960. The van der Waals surface area contributed by atoms with Gasteiger partial charge in [0.2, 0.25) is 0 Å². The van der Waals surface area contributed by atoms with Gasteiger partial charge >= 0.3 is 0 Å². The molecule has 68 valence electrons. The van der Waals surface area contributed by atoms with Crippen LogP contribution in [0.3, 0.4) is 0 Å². The highest BCUT2D eigenvalue weighted by atomic mass is 32.3. The van der Waals surface area contributed by atoms with Gasteiger partial charge in [-0.1, -0.05) is 0 Å². The third-order valence-corrected chi connectivity index (χ3v) is 4.72. The smallest absolute Gasteiger partial charge is 0.0965 e. The zero-order valence-electron chi connectivity index (χ0n) is 6.27. The van der Waals surface area contributed by atoms with Crippen molar-refractivity contribution < 1.29 is 12.0 Å². The zero-order valence-corrected chi connectivity index (χ0v) is 9.54. The van der Waals surface area contributed by atoms with Gasteiger partial charge < -0.3 is 0 Å². The molecule has 0 aromatic carbocycles. The third-order valence-electron chi connectivity index (χ3n) is 0.524. The second-order valence-electron chi connectivity index (χ2n) is 1.69. The lowest BCUT2D eigenvalue weighted by molar-refractivity contribution is 0.688. The van der Waals surface area contributed by atoms with Crippen molar-refractivity contribution in [2.45, 2.75) is 0 Å². The van der Waals surface area contributed by atoms with Crippen LogP contribution in [0.2, 0.25) is 0 Å². The Kier molecular flexibility index (Phi) is 8.26. The minimum atomic E-state index is -0.831. The molecule has 0 N–H and O–H groups in total. The first-order chi connectivity index (χ1) is 5.13. The van der Waals surface area contributed by atoms with Crippen LogP contribution in [-0.2, 0) is 25.2 Å². The van der Waals surface area contributed by atoms with Crippen molar-refractivity contribution in [3.05, 3.63) is 0 Å². The van der Waals surface area contributed by atoms with Crippen LogP contribution in [0.4, 0.5) is 0 Å². The lowest BCUT2D eigenvalue weighted by Gasteiger charge is -1.96. The summed E-state index contributed by atoms with van der Waals surface area (Å²) in [6.07, 6.45) is 3.22. The highest BCUT2D eigenvalue weighted by molar-refractivity contribution is 8.16. The Labute approximate surface area is 80.4 Å². The lowest BCUT2D eigenvalue weighted by Crippen LogP contribution is -1.90. The van der Waals surface area contributed by atoms with E-state index in [4.69, 9.17) is 3.63 Å². The largest absolute Gasteiger partial charge is 0.259 e. The fourth-order valence-electron chi connectivity index (χ4n) is 0.209. The van der Waals surface area contributed by atoms with E-state index in [1.807, 2.05) is 0 Å². The van der Waals surface area contributed by atoms with Gasteiger partial charge in [-0.15, -0.1) is 0 Å². The molecule has 0 saturated heterocycles. The Morgan fingerprint density at radius 1 is 1.09 bits per heavy atom. The molecule has 0 heterocycles. The molecule has 7 heteroatoms. The maximum Gasteiger partial charge on any atom is 0.0965 e. The molecule has 0 amide bonds. The van der Waals surface area contributed by atoms with E-state index >= 15 is 0 Å². The summed E-state index contributed by atoms with van der Waals surface area (Å²) in [7, 11) is -1.66. The van der Waals surface area contributed by atoms with Crippen molar-refractivity contribution in [2.75, 3.05) is 22.7 Å². The second-order valence-corrected chi connectivity index (χ2v) is 6.88. The predicted molar refractivity (Wildman–Crippen MR) is 54.1 cm³/mol. The summed E-state index contributed by atoms with van der Waals surface area (Å²) in [5.41, 5.74) is 0.